The second kappa shape index (κ2) is 6.03. The molecule has 3 nitrogen and oxygen atoms in total. The lowest BCUT2D eigenvalue weighted by Gasteiger charge is -2.17. The van der Waals surface area contributed by atoms with Gasteiger partial charge in [-0.3, -0.25) is 4.68 Å². The van der Waals surface area contributed by atoms with Crippen molar-refractivity contribution in [1.82, 2.24) is 15.1 Å². The second-order valence-corrected chi connectivity index (χ2v) is 4.91. The van der Waals surface area contributed by atoms with Gasteiger partial charge in [-0.2, -0.15) is 5.10 Å². The number of likely N-dealkylation sites (N-methyl/N-ethyl adjacent to an activating group) is 1. The van der Waals surface area contributed by atoms with Crippen LogP contribution >= 0.6 is 11.6 Å². The molecule has 0 radical (unpaired) electrons. The summed E-state index contributed by atoms with van der Waals surface area (Å²) < 4.78 is 1.83. The molecule has 4 heteroatoms. The Labute approximate surface area is 113 Å². The van der Waals surface area contributed by atoms with E-state index in [4.69, 9.17) is 11.6 Å². The van der Waals surface area contributed by atoms with E-state index in [9.17, 15) is 0 Å². The maximum absolute atomic E-state index is 6.28. The number of nitrogens with zero attached hydrogens (tertiary/aromatic N) is 2. The fourth-order valence-electron chi connectivity index (χ4n) is 2.21. The fourth-order valence-corrected chi connectivity index (χ4v) is 2.50. The lowest BCUT2D eigenvalue weighted by Crippen LogP contribution is -2.19. The maximum atomic E-state index is 6.28. The number of benzene rings is 1. The Balaban J connectivity index is 2.20. The molecule has 1 unspecified atom stereocenters. The molecule has 0 saturated carbocycles. The van der Waals surface area contributed by atoms with Gasteiger partial charge in [0.05, 0.1) is 6.20 Å². The number of halogens is 1. The minimum Gasteiger partial charge on any atom is -0.319 e. The van der Waals surface area contributed by atoms with Crippen LogP contribution in [-0.4, -0.2) is 23.4 Å². The van der Waals surface area contributed by atoms with Crippen LogP contribution in [0.4, 0.5) is 0 Å². The largest absolute Gasteiger partial charge is 0.319 e. The van der Waals surface area contributed by atoms with Crippen molar-refractivity contribution in [3.8, 4) is 0 Å². The first-order valence-electron chi connectivity index (χ1n) is 6.07. The molecule has 1 N–H and O–H groups in total. The third-order valence-corrected chi connectivity index (χ3v) is 3.38. The molecule has 0 aliphatic carbocycles. The maximum Gasteiger partial charge on any atom is 0.0521 e. The van der Waals surface area contributed by atoms with Gasteiger partial charge in [-0.15, -0.1) is 0 Å². The average molecular weight is 264 g/mol. The van der Waals surface area contributed by atoms with E-state index in [1.165, 1.54) is 11.1 Å². The highest BCUT2D eigenvalue weighted by molar-refractivity contribution is 6.31. The quantitative estimate of drug-likeness (QED) is 0.899. The first kappa shape index (κ1) is 13.1. The molecule has 1 heterocycles. The minimum absolute atomic E-state index is 0.368. The summed E-state index contributed by atoms with van der Waals surface area (Å²) in [5.74, 6) is 0.368. The lowest BCUT2D eigenvalue weighted by atomic mass is 9.93. The SMILES string of the molecule is CNCC(Cc1cnn(C)c1)c1ccccc1Cl. The van der Waals surface area contributed by atoms with Crippen molar-refractivity contribution >= 4 is 11.6 Å². The smallest absolute Gasteiger partial charge is 0.0521 e. The number of hydrogen-bond acceptors (Lipinski definition) is 2. The second-order valence-electron chi connectivity index (χ2n) is 4.50. The molecule has 1 aromatic heterocycles. The highest BCUT2D eigenvalue weighted by atomic mass is 35.5. The van der Waals surface area contributed by atoms with Gasteiger partial charge in [0.1, 0.15) is 0 Å². The molecule has 0 saturated heterocycles. The van der Waals surface area contributed by atoms with Gasteiger partial charge in [-0.25, -0.2) is 0 Å². The first-order chi connectivity index (χ1) is 8.70. The molecular weight excluding hydrogens is 246 g/mol. The van der Waals surface area contributed by atoms with E-state index in [0.717, 1.165) is 18.0 Å². The van der Waals surface area contributed by atoms with Crippen molar-refractivity contribution in [2.24, 2.45) is 7.05 Å². The Hall–Kier alpha value is -1.32. The monoisotopic (exact) mass is 263 g/mol. The van der Waals surface area contributed by atoms with Gasteiger partial charge in [-0.1, -0.05) is 29.8 Å². The van der Waals surface area contributed by atoms with Gasteiger partial charge in [0.25, 0.3) is 0 Å². The predicted octanol–water partition coefficient (Wildman–Crippen LogP) is 2.62. The molecule has 96 valence electrons. The van der Waals surface area contributed by atoms with Crippen molar-refractivity contribution in [1.29, 1.82) is 0 Å². The molecule has 0 amide bonds. The molecular formula is C14H18ClN3. The predicted molar refractivity (Wildman–Crippen MR) is 75.0 cm³/mol. The average Bonchev–Trinajstić information content (AvgIpc) is 2.75. The fraction of sp³-hybridized carbons (Fsp3) is 0.357. The topological polar surface area (TPSA) is 29.9 Å². The van der Waals surface area contributed by atoms with E-state index >= 15 is 0 Å². The standard InChI is InChI=1S/C14H18ClN3/c1-16-9-12(7-11-8-17-18(2)10-11)13-5-3-4-6-14(13)15/h3-6,8,10,12,16H,7,9H2,1-2H3. The van der Waals surface area contributed by atoms with E-state index in [0.29, 0.717) is 5.92 Å². The Kier molecular flexibility index (Phi) is 4.39. The summed E-state index contributed by atoms with van der Waals surface area (Å²) in [5.41, 5.74) is 2.43. The zero-order valence-corrected chi connectivity index (χ0v) is 11.5. The number of nitrogens with one attached hydrogen (secondary N) is 1. The lowest BCUT2D eigenvalue weighted by molar-refractivity contribution is 0.625. The Morgan fingerprint density at radius 3 is 2.78 bits per heavy atom. The molecule has 18 heavy (non-hydrogen) atoms. The molecule has 0 spiro atoms. The van der Waals surface area contributed by atoms with Crippen LogP contribution in [0.5, 0.6) is 0 Å². The summed E-state index contributed by atoms with van der Waals surface area (Å²) in [6.45, 7) is 0.901. The van der Waals surface area contributed by atoms with Crippen LogP contribution in [0.15, 0.2) is 36.7 Å². The van der Waals surface area contributed by atoms with Gasteiger partial charge >= 0.3 is 0 Å². The Morgan fingerprint density at radius 1 is 1.39 bits per heavy atom. The van der Waals surface area contributed by atoms with Crippen LogP contribution in [0, 0.1) is 0 Å². The third kappa shape index (κ3) is 3.12. The highest BCUT2D eigenvalue weighted by Crippen LogP contribution is 2.26. The molecule has 0 aliphatic rings. The summed E-state index contributed by atoms with van der Waals surface area (Å²) in [7, 11) is 3.90. The van der Waals surface area contributed by atoms with E-state index < -0.39 is 0 Å². The molecule has 0 fully saturated rings. The molecule has 0 bridgehead atoms. The van der Waals surface area contributed by atoms with Gasteiger partial charge in [-0.05, 0) is 30.7 Å². The summed E-state index contributed by atoms with van der Waals surface area (Å²) in [6, 6.07) is 8.04. The molecule has 1 atom stereocenters. The van der Waals surface area contributed by atoms with Crippen molar-refractivity contribution in [3.05, 3.63) is 52.8 Å². The van der Waals surface area contributed by atoms with E-state index in [1.807, 2.05) is 43.2 Å². The molecule has 1 aromatic carbocycles. The zero-order chi connectivity index (χ0) is 13.0. The first-order valence-corrected chi connectivity index (χ1v) is 6.45. The normalized spacial score (nSPS) is 12.6. The number of aromatic nitrogens is 2. The van der Waals surface area contributed by atoms with E-state index in [1.54, 1.807) is 0 Å². The molecule has 2 aromatic rings. The van der Waals surface area contributed by atoms with Gasteiger partial charge in [0.15, 0.2) is 0 Å². The van der Waals surface area contributed by atoms with Crippen LogP contribution in [0.1, 0.15) is 17.0 Å². The zero-order valence-electron chi connectivity index (χ0n) is 10.7. The summed E-state index contributed by atoms with van der Waals surface area (Å²) in [6.07, 6.45) is 4.91. The molecule has 0 aliphatic heterocycles. The highest BCUT2D eigenvalue weighted by Gasteiger charge is 2.15. The Morgan fingerprint density at radius 2 is 2.17 bits per heavy atom. The van der Waals surface area contributed by atoms with Crippen LogP contribution in [0.25, 0.3) is 0 Å². The van der Waals surface area contributed by atoms with Crippen LogP contribution in [-0.2, 0) is 13.5 Å². The van der Waals surface area contributed by atoms with Crippen LogP contribution < -0.4 is 5.32 Å². The van der Waals surface area contributed by atoms with Crippen LogP contribution in [0.3, 0.4) is 0 Å². The van der Waals surface area contributed by atoms with E-state index in [2.05, 4.69) is 22.7 Å². The van der Waals surface area contributed by atoms with Crippen molar-refractivity contribution in [3.63, 3.8) is 0 Å². The number of rotatable bonds is 5. The number of aryl methyl sites for hydroxylation is 1. The molecule has 2 rings (SSSR count). The van der Waals surface area contributed by atoms with Crippen molar-refractivity contribution in [2.45, 2.75) is 12.3 Å². The summed E-state index contributed by atoms with van der Waals surface area (Å²) >= 11 is 6.28. The Bertz CT molecular complexity index is 507. The number of hydrogen-bond donors (Lipinski definition) is 1. The van der Waals surface area contributed by atoms with Gasteiger partial charge in [0, 0.05) is 30.7 Å². The summed E-state index contributed by atoms with van der Waals surface area (Å²) in [5, 5.41) is 8.28. The van der Waals surface area contributed by atoms with E-state index in [-0.39, 0.29) is 0 Å². The van der Waals surface area contributed by atoms with Gasteiger partial charge < -0.3 is 5.32 Å². The summed E-state index contributed by atoms with van der Waals surface area (Å²) in [4.78, 5) is 0. The van der Waals surface area contributed by atoms with Gasteiger partial charge in [0.2, 0.25) is 0 Å². The van der Waals surface area contributed by atoms with Crippen molar-refractivity contribution in [2.75, 3.05) is 13.6 Å². The minimum atomic E-state index is 0.368. The third-order valence-electron chi connectivity index (χ3n) is 3.04. The van der Waals surface area contributed by atoms with Crippen LogP contribution in [0.2, 0.25) is 5.02 Å². The van der Waals surface area contributed by atoms with Crippen molar-refractivity contribution < 1.29 is 0 Å².